The smallest absolute Gasteiger partial charge is 0.326 e. The molecule has 1 radical (unpaired) electrons. The van der Waals surface area contributed by atoms with Crippen LogP contribution in [0.15, 0.2) is 66.7 Å². The number of carboxylic acids is 1. The molecule has 0 aliphatic heterocycles. The van der Waals surface area contributed by atoms with Gasteiger partial charge in [0.1, 0.15) is 11.8 Å². The maximum absolute atomic E-state index is 13.2. The number of nitrogens with one attached hydrogen (secondary N) is 1. The summed E-state index contributed by atoms with van der Waals surface area (Å²) in [6.07, 6.45) is 3.22. The second-order valence-electron chi connectivity index (χ2n) is 8.83. The molecule has 0 unspecified atom stereocenters. The SMILES string of the molecule is CCCOc1cccc(COCc2ccc(C(=O)N[C@@H](CCSC)C(=O)O)c(-c3ccccc3C)c2)c1.[Li]. The Morgan fingerprint density at radius 1 is 0.974 bits per heavy atom. The van der Waals surface area contributed by atoms with E-state index in [0.29, 0.717) is 37.6 Å². The largest absolute Gasteiger partial charge is 0.494 e. The average molecular weight is 529 g/mol. The van der Waals surface area contributed by atoms with Gasteiger partial charge in [-0.2, -0.15) is 11.8 Å². The van der Waals surface area contributed by atoms with E-state index >= 15 is 0 Å². The molecule has 38 heavy (non-hydrogen) atoms. The van der Waals surface area contributed by atoms with Gasteiger partial charge >= 0.3 is 5.97 Å². The van der Waals surface area contributed by atoms with E-state index in [4.69, 9.17) is 9.47 Å². The van der Waals surface area contributed by atoms with Crippen LogP contribution in [0, 0.1) is 6.92 Å². The quantitative estimate of drug-likeness (QED) is 0.260. The van der Waals surface area contributed by atoms with Crippen molar-refractivity contribution in [3.05, 3.63) is 89.0 Å². The minimum Gasteiger partial charge on any atom is -0.494 e. The number of carboxylic acid groups (broad SMARTS) is 1. The Morgan fingerprint density at radius 3 is 2.39 bits per heavy atom. The van der Waals surface area contributed by atoms with Crippen LogP contribution in [0.5, 0.6) is 5.75 Å². The third-order valence-electron chi connectivity index (χ3n) is 5.89. The van der Waals surface area contributed by atoms with Crippen LogP contribution < -0.4 is 10.1 Å². The van der Waals surface area contributed by atoms with E-state index < -0.39 is 17.9 Å². The molecule has 197 valence electrons. The summed E-state index contributed by atoms with van der Waals surface area (Å²) in [6.45, 7) is 5.54. The van der Waals surface area contributed by atoms with Crippen molar-refractivity contribution in [2.75, 3.05) is 18.6 Å². The molecule has 8 heteroatoms. The van der Waals surface area contributed by atoms with Crippen LogP contribution in [0.2, 0.25) is 0 Å². The number of benzene rings is 3. The maximum Gasteiger partial charge on any atom is 0.326 e. The average Bonchev–Trinajstić information content (AvgIpc) is 2.90. The van der Waals surface area contributed by atoms with Crippen LogP contribution in [-0.4, -0.2) is 60.5 Å². The van der Waals surface area contributed by atoms with E-state index in [9.17, 15) is 14.7 Å². The molecule has 1 atom stereocenters. The van der Waals surface area contributed by atoms with Gasteiger partial charge in [0, 0.05) is 24.4 Å². The van der Waals surface area contributed by atoms with Gasteiger partial charge in [-0.3, -0.25) is 4.79 Å². The molecule has 0 fully saturated rings. The number of hydrogen-bond acceptors (Lipinski definition) is 5. The van der Waals surface area contributed by atoms with E-state index in [1.165, 1.54) is 0 Å². The molecule has 3 rings (SSSR count). The molecule has 0 aliphatic carbocycles. The number of aliphatic carboxylic acids is 1. The van der Waals surface area contributed by atoms with Crippen LogP contribution in [0.1, 0.15) is 46.8 Å². The fraction of sp³-hybridized carbons (Fsp3) is 0.333. The molecule has 0 aromatic heterocycles. The Morgan fingerprint density at radius 2 is 1.71 bits per heavy atom. The van der Waals surface area contributed by atoms with E-state index in [1.54, 1.807) is 17.8 Å². The van der Waals surface area contributed by atoms with E-state index in [2.05, 4.69) is 12.2 Å². The van der Waals surface area contributed by atoms with Gasteiger partial charge in [-0.25, -0.2) is 4.79 Å². The van der Waals surface area contributed by atoms with Crippen molar-refractivity contribution < 1.29 is 24.2 Å². The van der Waals surface area contributed by atoms with Gasteiger partial charge < -0.3 is 19.9 Å². The zero-order valence-corrected chi connectivity index (χ0v) is 23.5. The molecule has 0 saturated heterocycles. The van der Waals surface area contributed by atoms with E-state index in [1.807, 2.05) is 73.8 Å². The predicted molar refractivity (Wildman–Crippen MR) is 155 cm³/mol. The first-order valence-electron chi connectivity index (χ1n) is 12.4. The van der Waals surface area contributed by atoms with Crippen molar-refractivity contribution in [1.82, 2.24) is 5.32 Å². The summed E-state index contributed by atoms with van der Waals surface area (Å²) in [5, 5.41) is 12.3. The fourth-order valence-electron chi connectivity index (χ4n) is 3.94. The van der Waals surface area contributed by atoms with Gasteiger partial charge in [-0.1, -0.05) is 49.4 Å². The first-order valence-corrected chi connectivity index (χ1v) is 13.8. The predicted octanol–water partition coefficient (Wildman–Crippen LogP) is 5.72. The van der Waals surface area contributed by atoms with Crippen molar-refractivity contribution in [3.63, 3.8) is 0 Å². The first-order chi connectivity index (χ1) is 17.9. The maximum atomic E-state index is 13.2. The van der Waals surface area contributed by atoms with Gasteiger partial charge in [-0.05, 0) is 83.9 Å². The summed E-state index contributed by atoms with van der Waals surface area (Å²) in [7, 11) is 0. The third kappa shape index (κ3) is 9.25. The van der Waals surface area contributed by atoms with Crippen molar-refractivity contribution in [2.45, 2.75) is 45.9 Å². The number of carbonyl (C=O) groups is 2. The first kappa shape index (κ1) is 31.5. The molecule has 0 aliphatic rings. The molecule has 6 nitrogen and oxygen atoms in total. The molecular formula is C30H35LiNO5S. The number of thioether (sulfide) groups is 1. The molecule has 0 spiro atoms. The standard InChI is InChI=1S/C30H35NO5S.Li/c1-4-15-36-24-10-7-9-22(17-24)19-35-20-23-12-13-26(27(18-23)25-11-6-5-8-21(25)2)29(32)31-28(30(33)34)14-16-37-3;/h5-13,17-18,28H,4,14-16,19-20H2,1-3H3,(H,31,32)(H,33,34);/t28-;/m0./s1. The molecular weight excluding hydrogens is 493 g/mol. The van der Waals surface area contributed by atoms with Crippen LogP contribution in [0.25, 0.3) is 11.1 Å². The molecule has 0 saturated carbocycles. The zero-order valence-electron chi connectivity index (χ0n) is 22.7. The van der Waals surface area contributed by atoms with E-state index in [-0.39, 0.29) is 18.9 Å². The number of hydrogen-bond donors (Lipinski definition) is 2. The molecule has 0 heterocycles. The number of ether oxygens (including phenoxy) is 2. The molecule has 0 bridgehead atoms. The van der Waals surface area contributed by atoms with Crippen molar-refractivity contribution in [1.29, 1.82) is 0 Å². The third-order valence-corrected chi connectivity index (χ3v) is 6.53. The second kappa shape index (κ2) is 16.3. The summed E-state index contributed by atoms with van der Waals surface area (Å²) in [6, 6.07) is 20.3. The normalized spacial score (nSPS) is 11.3. The van der Waals surface area contributed by atoms with Crippen LogP contribution in [0.4, 0.5) is 0 Å². The van der Waals surface area contributed by atoms with Crippen LogP contribution >= 0.6 is 11.8 Å². The van der Waals surface area contributed by atoms with Gasteiger partial charge in [0.25, 0.3) is 5.91 Å². The number of amides is 1. The number of aryl methyl sites for hydroxylation is 1. The molecule has 2 N–H and O–H groups in total. The summed E-state index contributed by atoms with van der Waals surface area (Å²) < 4.78 is 11.7. The Hall–Kier alpha value is -2.69. The topological polar surface area (TPSA) is 84.9 Å². The van der Waals surface area contributed by atoms with Gasteiger partial charge in [0.2, 0.25) is 0 Å². The van der Waals surface area contributed by atoms with Crippen LogP contribution in [0.3, 0.4) is 0 Å². The summed E-state index contributed by atoms with van der Waals surface area (Å²) in [4.78, 5) is 24.9. The summed E-state index contributed by atoms with van der Waals surface area (Å²) in [5.41, 5.74) is 5.08. The molecule has 3 aromatic rings. The second-order valence-corrected chi connectivity index (χ2v) is 9.81. The monoisotopic (exact) mass is 528 g/mol. The van der Waals surface area contributed by atoms with Crippen LogP contribution in [-0.2, 0) is 22.7 Å². The van der Waals surface area contributed by atoms with Gasteiger partial charge in [0.15, 0.2) is 0 Å². The number of rotatable bonds is 14. The molecule has 1 amide bonds. The minimum absolute atomic E-state index is 0. The minimum atomic E-state index is -1.03. The fourth-order valence-corrected chi connectivity index (χ4v) is 4.41. The zero-order chi connectivity index (χ0) is 26.6. The Balaban J connectivity index is 0.00000507. The van der Waals surface area contributed by atoms with E-state index in [0.717, 1.165) is 40.0 Å². The Kier molecular flexibility index (Phi) is 13.5. The Labute approximate surface area is 241 Å². The van der Waals surface area contributed by atoms with Crippen molar-refractivity contribution in [2.24, 2.45) is 0 Å². The Bertz CT molecular complexity index is 1200. The summed E-state index contributed by atoms with van der Waals surface area (Å²) >= 11 is 1.55. The molecule has 3 aromatic carbocycles. The number of carbonyl (C=O) groups excluding carboxylic acids is 1. The van der Waals surface area contributed by atoms with Gasteiger partial charge in [0.05, 0.1) is 19.8 Å². The van der Waals surface area contributed by atoms with Crippen molar-refractivity contribution in [3.8, 4) is 16.9 Å². The summed E-state index contributed by atoms with van der Waals surface area (Å²) in [5.74, 6) is 0.0423. The van der Waals surface area contributed by atoms with Gasteiger partial charge in [-0.15, -0.1) is 0 Å². The van der Waals surface area contributed by atoms with Crippen molar-refractivity contribution >= 4 is 42.5 Å².